The summed E-state index contributed by atoms with van der Waals surface area (Å²) in [5, 5.41) is 21.1. The quantitative estimate of drug-likeness (QED) is 0.354. The zero-order valence-corrected chi connectivity index (χ0v) is 23.2. The molecule has 1 N–H and O–H groups in total. The highest BCUT2D eigenvalue weighted by Gasteiger charge is 2.42. The first-order valence-electron chi connectivity index (χ1n) is 12.1. The predicted octanol–water partition coefficient (Wildman–Crippen LogP) is 4.16. The lowest BCUT2D eigenvalue weighted by molar-refractivity contribution is -0.137. The van der Waals surface area contributed by atoms with Gasteiger partial charge in [0.1, 0.15) is 5.69 Å². The van der Waals surface area contributed by atoms with Crippen molar-refractivity contribution < 1.29 is 27.4 Å². The summed E-state index contributed by atoms with van der Waals surface area (Å²) in [6.07, 6.45) is 0.375. The minimum atomic E-state index is -4.45. The number of ether oxygens (including phenoxy) is 1. The molecule has 0 fully saturated rings. The molecule has 12 heteroatoms. The Bertz CT molecular complexity index is 1690. The SMILES string of the molecule is C=C(/C=c1/c(Cl)c(Cc2ccc(C(F)(F)F)cc2)c(OC)n/c1=C/C)C(O)(c1oc(C)nc1C)c1cnnn1C. The molecule has 3 aromatic heterocycles. The molecule has 0 amide bonds. The number of aromatic nitrogens is 5. The molecule has 4 rings (SSSR count). The molecule has 40 heavy (non-hydrogen) atoms. The van der Waals surface area contributed by atoms with E-state index in [9.17, 15) is 18.3 Å². The van der Waals surface area contributed by atoms with Gasteiger partial charge in [-0.3, -0.25) is 0 Å². The van der Waals surface area contributed by atoms with Gasteiger partial charge in [-0.25, -0.2) is 14.6 Å². The summed E-state index contributed by atoms with van der Waals surface area (Å²) in [4.78, 5) is 8.87. The molecule has 8 nitrogen and oxygen atoms in total. The molecule has 0 bridgehead atoms. The van der Waals surface area contributed by atoms with Gasteiger partial charge in [0.25, 0.3) is 0 Å². The number of aryl methyl sites for hydroxylation is 3. The topological polar surface area (TPSA) is 99.1 Å². The van der Waals surface area contributed by atoms with Crippen LogP contribution in [-0.4, -0.2) is 37.2 Å². The van der Waals surface area contributed by atoms with Crippen molar-refractivity contribution in [2.75, 3.05) is 7.11 Å². The molecule has 0 saturated carbocycles. The molecule has 0 saturated heterocycles. The maximum atomic E-state index is 13.1. The molecule has 0 radical (unpaired) electrons. The van der Waals surface area contributed by atoms with Gasteiger partial charge >= 0.3 is 6.18 Å². The average Bonchev–Trinajstić information content (AvgIpc) is 3.50. The van der Waals surface area contributed by atoms with Crippen LogP contribution in [0.4, 0.5) is 13.2 Å². The van der Waals surface area contributed by atoms with Crippen LogP contribution in [0.2, 0.25) is 5.02 Å². The number of benzene rings is 1. The normalized spacial score (nSPS) is 14.4. The number of alkyl halides is 3. The zero-order valence-electron chi connectivity index (χ0n) is 22.5. The number of rotatable bonds is 7. The van der Waals surface area contributed by atoms with Crippen molar-refractivity contribution in [1.29, 1.82) is 0 Å². The fourth-order valence-electron chi connectivity index (χ4n) is 4.49. The van der Waals surface area contributed by atoms with Crippen molar-refractivity contribution in [3.63, 3.8) is 0 Å². The van der Waals surface area contributed by atoms with Crippen molar-refractivity contribution >= 4 is 23.8 Å². The molecule has 0 aliphatic heterocycles. The summed E-state index contributed by atoms with van der Waals surface area (Å²) in [6.45, 7) is 9.27. The Labute approximate surface area is 233 Å². The Morgan fingerprint density at radius 1 is 1.20 bits per heavy atom. The second-order valence-electron chi connectivity index (χ2n) is 9.14. The summed E-state index contributed by atoms with van der Waals surface area (Å²) in [6, 6.07) is 4.78. The second-order valence-corrected chi connectivity index (χ2v) is 9.52. The largest absolute Gasteiger partial charge is 0.481 e. The van der Waals surface area contributed by atoms with Gasteiger partial charge in [-0.05, 0) is 43.2 Å². The van der Waals surface area contributed by atoms with Gasteiger partial charge < -0.3 is 14.3 Å². The van der Waals surface area contributed by atoms with Gasteiger partial charge in [0.05, 0.1) is 34.9 Å². The van der Waals surface area contributed by atoms with E-state index in [4.69, 9.17) is 20.8 Å². The molecule has 1 aromatic carbocycles. The first-order valence-corrected chi connectivity index (χ1v) is 12.5. The number of nitrogens with zero attached hydrogens (tertiary/aromatic N) is 5. The van der Waals surface area contributed by atoms with Crippen molar-refractivity contribution in [3.05, 3.63) is 97.9 Å². The smallest absolute Gasteiger partial charge is 0.416 e. The Morgan fingerprint density at radius 2 is 1.88 bits per heavy atom. The lowest BCUT2D eigenvalue weighted by Gasteiger charge is -2.27. The third-order valence-electron chi connectivity index (χ3n) is 6.49. The lowest BCUT2D eigenvalue weighted by atomic mass is 9.87. The van der Waals surface area contributed by atoms with E-state index in [1.807, 2.05) is 0 Å². The number of aliphatic hydroxyl groups is 1. The maximum absolute atomic E-state index is 13.1. The lowest BCUT2D eigenvalue weighted by Crippen LogP contribution is -2.35. The van der Waals surface area contributed by atoms with Crippen LogP contribution in [0.15, 0.2) is 47.0 Å². The van der Waals surface area contributed by atoms with Crippen LogP contribution < -0.4 is 15.3 Å². The van der Waals surface area contributed by atoms with Crippen molar-refractivity contribution in [2.24, 2.45) is 7.05 Å². The fraction of sp³-hybridized carbons (Fsp3) is 0.286. The number of methoxy groups -OCH3 is 1. The molecule has 4 aromatic rings. The summed E-state index contributed by atoms with van der Waals surface area (Å²) in [7, 11) is 3.05. The van der Waals surface area contributed by atoms with E-state index >= 15 is 0 Å². The van der Waals surface area contributed by atoms with Gasteiger partial charge in [0.2, 0.25) is 5.88 Å². The van der Waals surface area contributed by atoms with Crippen molar-refractivity contribution in [1.82, 2.24) is 25.0 Å². The summed E-state index contributed by atoms with van der Waals surface area (Å²) < 4.78 is 51.8. The Morgan fingerprint density at radius 3 is 2.38 bits per heavy atom. The highest BCUT2D eigenvalue weighted by atomic mass is 35.5. The van der Waals surface area contributed by atoms with E-state index < -0.39 is 17.3 Å². The number of hydrogen-bond acceptors (Lipinski definition) is 7. The molecule has 1 atom stereocenters. The van der Waals surface area contributed by atoms with Crippen molar-refractivity contribution in [3.8, 4) is 5.88 Å². The third kappa shape index (κ3) is 5.26. The molecule has 210 valence electrons. The zero-order chi connectivity index (χ0) is 29.4. The van der Waals surface area contributed by atoms with E-state index in [1.54, 1.807) is 40.0 Å². The Hall–Kier alpha value is -3.96. The van der Waals surface area contributed by atoms with Crippen LogP contribution in [0.25, 0.3) is 12.2 Å². The van der Waals surface area contributed by atoms with Gasteiger partial charge in [0, 0.05) is 31.2 Å². The predicted molar refractivity (Wildman–Crippen MR) is 143 cm³/mol. The molecule has 0 aliphatic rings. The van der Waals surface area contributed by atoms with E-state index in [-0.39, 0.29) is 34.4 Å². The molecule has 0 spiro atoms. The highest BCUT2D eigenvalue weighted by Crippen LogP contribution is 2.38. The van der Waals surface area contributed by atoms with Gasteiger partial charge in [-0.1, -0.05) is 41.6 Å². The summed E-state index contributed by atoms with van der Waals surface area (Å²) in [5.41, 5.74) is -0.780. The van der Waals surface area contributed by atoms with Crippen LogP contribution in [-0.2, 0) is 25.2 Å². The molecular weight excluding hydrogens is 547 g/mol. The van der Waals surface area contributed by atoms with E-state index in [2.05, 4.69) is 26.9 Å². The second kappa shape index (κ2) is 10.9. The van der Waals surface area contributed by atoms with Gasteiger partial charge in [-0.2, -0.15) is 13.2 Å². The third-order valence-corrected chi connectivity index (χ3v) is 6.92. The highest BCUT2D eigenvalue weighted by molar-refractivity contribution is 6.31. The van der Waals surface area contributed by atoms with E-state index in [0.29, 0.717) is 33.3 Å². The van der Waals surface area contributed by atoms with Crippen LogP contribution in [0.1, 0.15) is 46.7 Å². The number of oxazole rings is 1. The first kappa shape index (κ1) is 29.0. The monoisotopic (exact) mass is 573 g/mol. The standard InChI is InChI=1S/C28H27ClF3N5O3/c1-7-22-20(12-15(2)27(38,23-14-33-36-37(23)5)25-16(3)34-17(4)40-25)24(29)21(26(35-22)39-6)13-18-8-10-19(11-9-18)28(30,31)32/h7-12,14,38H,2,13H2,1,3-6H3/b20-12+,22-7+. The van der Waals surface area contributed by atoms with Crippen LogP contribution in [0.5, 0.6) is 5.88 Å². The first-order chi connectivity index (χ1) is 18.8. The minimum Gasteiger partial charge on any atom is -0.481 e. The van der Waals surface area contributed by atoms with Gasteiger partial charge in [-0.15, -0.1) is 5.10 Å². The fourth-order valence-corrected chi connectivity index (χ4v) is 4.79. The summed E-state index contributed by atoms with van der Waals surface area (Å²) in [5.74, 6) is 0.703. The maximum Gasteiger partial charge on any atom is 0.416 e. The molecule has 3 heterocycles. The van der Waals surface area contributed by atoms with Crippen LogP contribution in [0.3, 0.4) is 0 Å². The number of pyridine rings is 1. The summed E-state index contributed by atoms with van der Waals surface area (Å²) >= 11 is 6.92. The number of hydrogen-bond donors (Lipinski definition) is 1. The molecular formula is C28H27ClF3N5O3. The van der Waals surface area contributed by atoms with Gasteiger partial charge in [0.15, 0.2) is 17.3 Å². The van der Waals surface area contributed by atoms with Crippen LogP contribution >= 0.6 is 11.6 Å². The van der Waals surface area contributed by atoms with Crippen molar-refractivity contribution in [2.45, 2.75) is 39.0 Å². The minimum absolute atomic E-state index is 0.140. The van der Waals surface area contributed by atoms with Crippen LogP contribution in [0, 0.1) is 13.8 Å². The Balaban J connectivity index is 1.90. The van der Waals surface area contributed by atoms with E-state index in [1.165, 1.54) is 30.1 Å². The molecule has 1 unspecified atom stereocenters. The van der Waals surface area contributed by atoms with E-state index in [0.717, 1.165) is 12.1 Å². The average molecular weight is 574 g/mol. The number of halogens is 4. The molecule has 0 aliphatic carbocycles. The Kier molecular flexibility index (Phi) is 7.91.